The SMILES string of the molecule is CN(CCC(=O)NN)CC1CCCO1. The van der Waals surface area contributed by atoms with E-state index in [1.54, 1.807) is 0 Å². The number of likely N-dealkylation sites (N-methyl/N-ethyl adjacent to an activating group) is 1. The molecule has 0 bridgehead atoms. The van der Waals surface area contributed by atoms with Crippen LogP contribution in [0, 0.1) is 0 Å². The zero-order valence-corrected chi connectivity index (χ0v) is 8.66. The quantitative estimate of drug-likeness (QED) is 0.357. The first-order valence-corrected chi connectivity index (χ1v) is 5.02. The molecule has 0 aromatic carbocycles. The zero-order chi connectivity index (χ0) is 10.4. The van der Waals surface area contributed by atoms with Gasteiger partial charge < -0.3 is 9.64 Å². The van der Waals surface area contributed by atoms with Gasteiger partial charge >= 0.3 is 0 Å². The fourth-order valence-corrected chi connectivity index (χ4v) is 1.59. The summed E-state index contributed by atoms with van der Waals surface area (Å²) in [5, 5.41) is 0. The van der Waals surface area contributed by atoms with Crippen LogP contribution in [-0.2, 0) is 9.53 Å². The van der Waals surface area contributed by atoms with Crippen LogP contribution < -0.4 is 11.3 Å². The number of hydrogen-bond acceptors (Lipinski definition) is 4. The lowest BCUT2D eigenvalue weighted by molar-refractivity contribution is -0.121. The molecular weight excluding hydrogens is 182 g/mol. The molecule has 1 unspecified atom stereocenters. The second-order valence-corrected chi connectivity index (χ2v) is 3.71. The number of amides is 1. The summed E-state index contributed by atoms with van der Waals surface area (Å²) in [6.07, 6.45) is 3.08. The van der Waals surface area contributed by atoms with Crippen molar-refractivity contribution < 1.29 is 9.53 Å². The molecule has 5 nitrogen and oxygen atoms in total. The maximum atomic E-state index is 10.9. The smallest absolute Gasteiger partial charge is 0.235 e. The van der Waals surface area contributed by atoms with Crippen LogP contribution in [0.5, 0.6) is 0 Å². The number of carbonyl (C=O) groups is 1. The second kappa shape index (κ2) is 5.95. The van der Waals surface area contributed by atoms with Crippen molar-refractivity contribution in [3.63, 3.8) is 0 Å². The molecule has 0 spiro atoms. The minimum Gasteiger partial charge on any atom is -0.377 e. The van der Waals surface area contributed by atoms with E-state index in [9.17, 15) is 4.79 Å². The summed E-state index contributed by atoms with van der Waals surface area (Å²) in [6, 6.07) is 0. The Morgan fingerprint density at radius 3 is 3.07 bits per heavy atom. The van der Waals surface area contributed by atoms with Crippen LogP contribution in [0.4, 0.5) is 0 Å². The van der Waals surface area contributed by atoms with Crippen molar-refractivity contribution in [3.8, 4) is 0 Å². The van der Waals surface area contributed by atoms with Crippen molar-refractivity contribution in [2.75, 3.05) is 26.7 Å². The van der Waals surface area contributed by atoms with Crippen LogP contribution in [0.1, 0.15) is 19.3 Å². The van der Waals surface area contributed by atoms with Crippen molar-refractivity contribution in [2.45, 2.75) is 25.4 Å². The third-order valence-electron chi connectivity index (χ3n) is 2.42. The Labute approximate surface area is 84.5 Å². The molecule has 0 saturated carbocycles. The lowest BCUT2D eigenvalue weighted by Gasteiger charge is -2.19. The molecule has 0 aromatic rings. The Morgan fingerprint density at radius 2 is 2.50 bits per heavy atom. The van der Waals surface area contributed by atoms with Crippen molar-refractivity contribution in [2.24, 2.45) is 5.84 Å². The minimum absolute atomic E-state index is 0.121. The standard InChI is InChI=1S/C9H19N3O2/c1-12(5-4-9(13)11-10)7-8-3-2-6-14-8/h8H,2-7,10H2,1H3,(H,11,13). The number of hydrogen-bond donors (Lipinski definition) is 2. The molecule has 1 rings (SSSR count). The fraction of sp³-hybridized carbons (Fsp3) is 0.889. The number of nitrogens with two attached hydrogens (primary N) is 1. The van der Waals surface area contributed by atoms with Crippen LogP contribution in [-0.4, -0.2) is 43.7 Å². The van der Waals surface area contributed by atoms with Gasteiger partial charge in [0.1, 0.15) is 0 Å². The molecule has 0 radical (unpaired) electrons. The van der Waals surface area contributed by atoms with Gasteiger partial charge in [0.15, 0.2) is 0 Å². The van der Waals surface area contributed by atoms with E-state index in [0.717, 1.165) is 32.5 Å². The Balaban J connectivity index is 2.08. The van der Waals surface area contributed by atoms with E-state index in [0.29, 0.717) is 12.5 Å². The normalized spacial score (nSPS) is 21.5. The number of ether oxygens (including phenoxy) is 1. The van der Waals surface area contributed by atoms with Gasteiger partial charge in [-0.3, -0.25) is 10.2 Å². The van der Waals surface area contributed by atoms with Crippen LogP contribution in [0.3, 0.4) is 0 Å². The van der Waals surface area contributed by atoms with Crippen LogP contribution in [0.15, 0.2) is 0 Å². The maximum absolute atomic E-state index is 10.9. The van der Waals surface area contributed by atoms with E-state index in [1.807, 2.05) is 7.05 Å². The van der Waals surface area contributed by atoms with Crippen molar-refractivity contribution in [1.29, 1.82) is 0 Å². The molecule has 1 amide bonds. The molecule has 1 heterocycles. The minimum atomic E-state index is -0.121. The van der Waals surface area contributed by atoms with Crippen LogP contribution in [0.25, 0.3) is 0 Å². The molecule has 1 fully saturated rings. The molecule has 1 aliphatic rings. The highest BCUT2D eigenvalue weighted by molar-refractivity contribution is 5.75. The van der Waals surface area contributed by atoms with E-state index < -0.39 is 0 Å². The first-order valence-electron chi connectivity index (χ1n) is 5.02. The number of nitrogens with one attached hydrogen (secondary N) is 1. The molecule has 0 aliphatic carbocycles. The molecule has 1 aliphatic heterocycles. The number of nitrogens with zero attached hydrogens (tertiary/aromatic N) is 1. The predicted molar refractivity (Wildman–Crippen MR) is 53.4 cm³/mol. The Bertz CT molecular complexity index is 181. The zero-order valence-electron chi connectivity index (χ0n) is 8.66. The van der Waals surface area contributed by atoms with Crippen molar-refractivity contribution >= 4 is 5.91 Å². The van der Waals surface area contributed by atoms with Crippen LogP contribution in [0.2, 0.25) is 0 Å². The number of carbonyl (C=O) groups excluding carboxylic acids is 1. The van der Waals surface area contributed by atoms with Gasteiger partial charge in [0, 0.05) is 26.1 Å². The lowest BCUT2D eigenvalue weighted by Crippen LogP contribution is -2.35. The van der Waals surface area contributed by atoms with E-state index in [-0.39, 0.29) is 5.91 Å². The van der Waals surface area contributed by atoms with Crippen molar-refractivity contribution in [1.82, 2.24) is 10.3 Å². The van der Waals surface area contributed by atoms with E-state index in [1.165, 1.54) is 0 Å². The van der Waals surface area contributed by atoms with Crippen molar-refractivity contribution in [3.05, 3.63) is 0 Å². The highest BCUT2D eigenvalue weighted by atomic mass is 16.5. The van der Waals surface area contributed by atoms with E-state index in [2.05, 4.69) is 10.3 Å². The maximum Gasteiger partial charge on any atom is 0.235 e. The van der Waals surface area contributed by atoms with Gasteiger partial charge in [-0.1, -0.05) is 0 Å². The van der Waals surface area contributed by atoms with E-state index in [4.69, 9.17) is 10.6 Å². The summed E-state index contributed by atoms with van der Waals surface area (Å²) in [5.41, 5.74) is 2.12. The third-order valence-corrected chi connectivity index (χ3v) is 2.42. The highest BCUT2D eigenvalue weighted by Crippen LogP contribution is 2.12. The predicted octanol–water partition coefficient (Wildman–Crippen LogP) is -0.523. The first-order chi connectivity index (χ1) is 6.72. The number of rotatable bonds is 5. The Kier molecular flexibility index (Phi) is 4.86. The molecule has 3 N–H and O–H groups in total. The summed E-state index contributed by atoms with van der Waals surface area (Å²) in [6.45, 7) is 2.50. The summed E-state index contributed by atoms with van der Waals surface area (Å²) in [5.74, 6) is 4.86. The average Bonchev–Trinajstić information content (AvgIpc) is 2.66. The molecule has 1 saturated heterocycles. The molecule has 82 valence electrons. The van der Waals surface area contributed by atoms with E-state index >= 15 is 0 Å². The Morgan fingerprint density at radius 1 is 1.71 bits per heavy atom. The third kappa shape index (κ3) is 4.04. The molecule has 5 heteroatoms. The molecule has 0 aromatic heterocycles. The van der Waals surface area contributed by atoms with Gasteiger partial charge in [-0.2, -0.15) is 0 Å². The van der Waals surface area contributed by atoms with Gasteiger partial charge in [-0.05, 0) is 19.9 Å². The van der Waals surface area contributed by atoms with Gasteiger partial charge in [0.05, 0.1) is 6.10 Å². The van der Waals surface area contributed by atoms with Crippen LogP contribution >= 0.6 is 0 Å². The molecular formula is C9H19N3O2. The van der Waals surface area contributed by atoms with Gasteiger partial charge in [-0.15, -0.1) is 0 Å². The van der Waals surface area contributed by atoms with Gasteiger partial charge in [0.2, 0.25) is 5.91 Å². The van der Waals surface area contributed by atoms with Gasteiger partial charge in [-0.25, -0.2) is 5.84 Å². The molecule has 1 atom stereocenters. The second-order valence-electron chi connectivity index (χ2n) is 3.71. The first kappa shape index (κ1) is 11.4. The number of hydrazine groups is 1. The average molecular weight is 201 g/mol. The van der Waals surface area contributed by atoms with Gasteiger partial charge in [0.25, 0.3) is 0 Å². The monoisotopic (exact) mass is 201 g/mol. The fourth-order valence-electron chi connectivity index (χ4n) is 1.59. The highest BCUT2D eigenvalue weighted by Gasteiger charge is 2.17. The summed E-state index contributed by atoms with van der Waals surface area (Å²) >= 11 is 0. The topological polar surface area (TPSA) is 67.6 Å². The lowest BCUT2D eigenvalue weighted by atomic mass is 10.2. The summed E-state index contributed by atoms with van der Waals surface area (Å²) in [4.78, 5) is 13.0. The summed E-state index contributed by atoms with van der Waals surface area (Å²) in [7, 11) is 1.99. The molecule has 14 heavy (non-hydrogen) atoms. The summed E-state index contributed by atoms with van der Waals surface area (Å²) < 4.78 is 5.49. The Hall–Kier alpha value is -0.650. The largest absolute Gasteiger partial charge is 0.377 e.